The maximum Gasteiger partial charge on any atom is 0.180 e. The van der Waals surface area contributed by atoms with E-state index in [1.807, 2.05) is 0 Å². The van der Waals surface area contributed by atoms with Crippen LogP contribution in [-0.4, -0.2) is 16.5 Å². The highest BCUT2D eigenvalue weighted by Gasteiger charge is 2.42. The lowest BCUT2D eigenvalue weighted by atomic mass is 10.4. The topological polar surface area (TPSA) is 12.0 Å². The molecule has 0 aliphatic carbocycles. The van der Waals surface area contributed by atoms with E-state index in [1.165, 1.54) is 20.7 Å². The van der Waals surface area contributed by atoms with Gasteiger partial charge < -0.3 is 4.65 Å². The van der Waals surface area contributed by atoms with Crippen LogP contribution in [0.5, 0.6) is 0 Å². The van der Waals surface area contributed by atoms with Gasteiger partial charge in [0.1, 0.15) is 0 Å². The van der Waals surface area contributed by atoms with Crippen molar-refractivity contribution < 1.29 is 0 Å². The van der Waals surface area contributed by atoms with Crippen LogP contribution in [0.2, 0.25) is 13.1 Å². The minimum absolute atomic E-state index is 1.41. The van der Waals surface area contributed by atoms with Crippen molar-refractivity contribution in [3.05, 3.63) is 121 Å². The Hall–Kier alpha value is -2.73. The van der Waals surface area contributed by atoms with Crippen LogP contribution in [0.25, 0.3) is 0 Å². The van der Waals surface area contributed by atoms with Gasteiger partial charge in [-0.3, -0.25) is 0 Å². The number of hydrogen-bond donors (Lipinski definition) is 1. The molecular weight excluding hydrogens is 382 g/mol. The monoisotopic (exact) mass is 409 g/mol. The van der Waals surface area contributed by atoms with Crippen molar-refractivity contribution in [2.75, 3.05) is 0 Å². The fourth-order valence-electron chi connectivity index (χ4n) is 4.21. The first-order chi connectivity index (χ1) is 14.1. The molecule has 0 fully saturated rings. The van der Waals surface area contributed by atoms with Crippen molar-refractivity contribution in [2.24, 2.45) is 0 Å². The highest BCUT2D eigenvalue weighted by atomic mass is 28.4. The highest BCUT2D eigenvalue weighted by molar-refractivity contribution is 7.13. The van der Waals surface area contributed by atoms with Gasteiger partial charge in [0, 0.05) is 0 Å². The molecular formula is C26H27NSi2. The third kappa shape index (κ3) is 3.90. The molecule has 1 N–H and O–H groups in total. The molecule has 0 aliphatic rings. The van der Waals surface area contributed by atoms with Gasteiger partial charge in [-0.1, -0.05) is 121 Å². The van der Waals surface area contributed by atoms with Crippen LogP contribution in [0.4, 0.5) is 0 Å². The van der Waals surface area contributed by atoms with Gasteiger partial charge in [-0.05, 0) is 33.8 Å². The summed E-state index contributed by atoms with van der Waals surface area (Å²) in [5.74, 6) is 0. The summed E-state index contributed by atoms with van der Waals surface area (Å²) in [4.78, 5) is 0. The number of nitrogens with one attached hydrogen (secondary N) is 1. The summed E-state index contributed by atoms with van der Waals surface area (Å²) < 4.78 is 4.35. The molecule has 0 atom stereocenters. The molecule has 0 aliphatic heterocycles. The van der Waals surface area contributed by atoms with E-state index in [-0.39, 0.29) is 0 Å². The molecule has 0 heterocycles. The summed E-state index contributed by atoms with van der Waals surface area (Å²) in [5, 5.41) is 5.65. The molecule has 0 saturated heterocycles. The molecule has 0 aromatic heterocycles. The maximum absolute atomic E-state index is 4.35. The van der Waals surface area contributed by atoms with E-state index in [4.69, 9.17) is 0 Å². The average molecular weight is 410 g/mol. The summed E-state index contributed by atoms with van der Waals surface area (Å²) in [6.45, 7) is 4.91. The molecule has 0 unspecified atom stereocenters. The number of rotatable bonds is 6. The Balaban J connectivity index is 1.91. The van der Waals surface area contributed by atoms with Crippen molar-refractivity contribution in [1.82, 2.24) is 4.65 Å². The van der Waals surface area contributed by atoms with Gasteiger partial charge in [0.2, 0.25) is 0 Å². The van der Waals surface area contributed by atoms with Crippen molar-refractivity contribution in [3.63, 3.8) is 0 Å². The summed E-state index contributed by atoms with van der Waals surface area (Å²) in [6, 6.07) is 44.0. The van der Waals surface area contributed by atoms with E-state index in [1.54, 1.807) is 0 Å². The highest BCUT2D eigenvalue weighted by Crippen LogP contribution is 2.10. The second-order valence-corrected chi connectivity index (χ2v) is 15.6. The first-order valence-electron chi connectivity index (χ1n) is 10.1. The quantitative estimate of drug-likeness (QED) is 0.482. The normalized spacial score (nSPS) is 11.9. The molecule has 3 heteroatoms. The summed E-state index contributed by atoms with van der Waals surface area (Å²) in [5.41, 5.74) is 0. The van der Waals surface area contributed by atoms with Gasteiger partial charge in [-0.2, -0.15) is 0 Å². The van der Waals surface area contributed by atoms with E-state index < -0.39 is 16.5 Å². The lowest BCUT2D eigenvalue weighted by molar-refractivity contribution is 1.37. The lowest BCUT2D eigenvalue weighted by Gasteiger charge is -2.40. The van der Waals surface area contributed by atoms with Gasteiger partial charge in [-0.15, -0.1) is 0 Å². The van der Waals surface area contributed by atoms with Crippen molar-refractivity contribution in [3.8, 4) is 0 Å². The Kier molecular flexibility index (Phi) is 5.63. The smallest absolute Gasteiger partial charge is 0.180 e. The third-order valence-electron chi connectivity index (χ3n) is 5.90. The van der Waals surface area contributed by atoms with E-state index in [0.29, 0.717) is 0 Å². The van der Waals surface area contributed by atoms with Crippen LogP contribution in [-0.2, 0) is 0 Å². The minimum Gasteiger partial charge on any atom is -0.345 e. The van der Waals surface area contributed by atoms with Crippen LogP contribution >= 0.6 is 0 Å². The first-order valence-corrected chi connectivity index (χ1v) is 15.1. The van der Waals surface area contributed by atoms with Crippen molar-refractivity contribution in [2.45, 2.75) is 13.1 Å². The van der Waals surface area contributed by atoms with Crippen LogP contribution in [0.3, 0.4) is 0 Å². The Morgan fingerprint density at radius 2 is 0.586 bits per heavy atom. The van der Waals surface area contributed by atoms with Crippen molar-refractivity contribution in [1.29, 1.82) is 0 Å². The first kappa shape index (κ1) is 19.6. The summed E-state index contributed by atoms with van der Waals surface area (Å²) in [6.07, 6.45) is 0. The molecule has 0 saturated carbocycles. The van der Waals surface area contributed by atoms with Crippen LogP contribution in [0.1, 0.15) is 0 Å². The Morgan fingerprint density at radius 3 is 0.793 bits per heavy atom. The van der Waals surface area contributed by atoms with E-state index in [2.05, 4.69) is 139 Å². The molecule has 0 radical (unpaired) electrons. The molecule has 4 rings (SSSR count). The second-order valence-electron chi connectivity index (χ2n) is 7.84. The zero-order valence-electron chi connectivity index (χ0n) is 17.0. The zero-order valence-corrected chi connectivity index (χ0v) is 19.0. The standard InChI is InChI=1S/C26H27NSi2/c1-28(23-15-7-3-8-16-23,24-17-9-4-10-18-24)27-29(2,25-19-11-5-12-20-25)26-21-13-6-14-22-26/h3-22,27H,1-2H3. The van der Waals surface area contributed by atoms with Gasteiger partial charge in [0.05, 0.1) is 0 Å². The third-order valence-corrected chi connectivity index (χ3v) is 15.9. The Morgan fingerprint density at radius 1 is 0.379 bits per heavy atom. The van der Waals surface area contributed by atoms with E-state index in [0.717, 1.165) is 0 Å². The number of benzene rings is 4. The molecule has 0 amide bonds. The average Bonchev–Trinajstić information content (AvgIpc) is 2.81. The molecule has 0 spiro atoms. The molecule has 1 nitrogen and oxygen atoms in total. The molecule has 0 bridgehead atoms. The molecule has 144 valence electrons. The minimum atomic E-state index is -2.19. The lowest BCUT2D eigenvalue weighted by Crippen LogP contribution is -2.80. The largest absolute Gasteiger partial charge is 0.345 e. The Labute approximate surface area is 176 Å². The van der Waals surface area contributed by atoms with Crippen LogP contribution in [0, 0.1) is 0 Å². The number of hydrogen-bond acceptors (Lipinski definition) is 1. The van der Waals surface area contributed by atoms with Crippen LogP contribution in [0.15, 0.2) is 121 Å². The van der Waals surface area contributed by atoms with Gasteiger partial charge >= 0.3 is 0 Å². The zero-order chi connectivity index (χ0) is 20.2. The molecule has 4 aromatic rings. The van der Waals surface area contributed by atoms with Gasteiger partial charge in [0.25, 0.3) is 0 Å². The predicted molar refractivity (Wildman–Crippen MR) is 131 cm³/mol. The second kappa shape index (κ2) is 8.33. The van der Waals surface area contributed by atoms with Gasteiger partial charge in [0.15, 0.2) is 16.5 Å². The fraction of sp³-hybridized carbons (Fsp3) is 0.0769. The molecule has 29 heavy (non-hydrogen) atoms. The predicted octanol–water partition coefficient (Wildman–Crippen LogP) is 3.36. The molecule has 4 aromatic carbocycles. The van der Waals surface area contributed by atoms with E-state index in [9.17, 15) is 0 Å². The summed E-state index contributed by atoms with van der Waals surface area (Å²) >= 11 is 0. The van der Waals surface area contributed by atoms with Crippen LogP contribution < -0.4 is 25.4 Å². The Bertz CT molecular complexity index is 869. The SMILES string of the molecule is C[Si](N[Si](C)(c1ccccc1)c1ccccc1)(c1ccccc1)c1ccccc1. The summed E-state index contributed by atoms with van der Waals surface area (Å²) in [7, 11) is -4.38. The van der Waals surface area contributed by atoms with Gasteiger partial charge in [-0.25, -0.2) is 0 Å². The van der Waals surface area contributed by atoms with Crippen molar-refractivity contribution >= 4 is 37.2 Å². The fourth-order valence-corrected chi connectivity index (χ4v) is 14.6. The maximum atomic E-state index is 4.35. The van der Waals surface area contributed by atoms with E-state index >= 15 is 0 Å².